The first-order chi connectivity index (χ1) is 9.70. The van der Waals surface area contributed by atoms with Crippen LogP contribution in [0.4, 0.5) is 11.4 Å². The van der Waals surface area contributed by atoms with E-state index in [0.717, 1.165) is 25.3 Å². The summed E-state index contributed by atoms with van der Waals surface area (Å²) in [6.45, 7) is 4.80. The van der Waals surface area contributed by atoms with Crippen LogP contribution in [0.25, 0.3) is 0 Å². The first-order valence-corrected chi connectivity index (χ1v) is 7.32. The molecule has 5 nitrogen and oxygen atoms in total. The number of anilines is 2. The third kappa shape index (κ3) is 3.11. The molecule has 5 heteroatoms. The quantitative estimate of drug-likeness (QED) is 0.807. The number of rotatable bonds is 3. The second kappa shape index (κ2) is 5.81. The molecule has 2 aliphatic rings. The van der Waals surface area contributed by atoms with Gasteiger partial charge in [-0.2, -0.15) is 0 Å². The van der Waals surface area contributed by atoms with Gasteiger partial charge in [-0.25, -0.2) is 0 Å². The van der Waals surface area contributed by atoms with Crippen LogP contribution < -0.4 is 11.1 Å². The molecule has 0 aliphatic carbocycles. The van der Waals surface area contributed by atoms with Crippen LogP contribution in [-0.4, -0.2) is 54.5 Å². The molecule has 2 fully saturated rings. The van der Waals surface area contributed by atoms with E-state index in [4.69, 9.17) is 5.73 Å². The van der Waals surface area contributed by atoms with Crippen LogP contribution in [0.3, 0.4) is 0 Å². The van der Waals surface area contributed by atoms with Gasteiger partial charge in [0.25, 0.3) is 0 Å². The molecule has 1 atom stereocenters. The van der Waals surface area contributed by atoms with Gasteiger partial charge in [-0.1, -0.05) is 6.07 Å². The fourth-order valence-electron chi connectivity index (χ4n) is 3.22. The number of nitrogens with one attached hydrogen (secondary N) is 1. The topological polar surface area (TPSA) is 61.6 Å². The lowest BCUT2D eigenvalue weighted by atomic mass is 10.1. The summed E-state index contributed by atoms with van der Waals surface area (Å²) in [4.78, 5) is 16.9. The number of hydrogen-bond acceptors (Lipinski definition) is 4. The molecule has 1 aromatic carbocycles. The zero-order valence-electron chi connectivity index (χ0n) is 11.7. The Balaban J connectivity index is 1.51. The van der Waals surface area contributed by atoms with Crippen molar-refractivity contribution in [1.29, 1.82) is 0 Å². The zero-order valence-corrected chi connectivity index (χ0v) is 11.7. The summed E-state index contributed by atoms with van der Waals surface area (Å²) in [5.74, 6) is 0.0436. The first-order valence-electron chi connectivity index (χ1n) is 7.32. The van der Waals surface area contributed by atoms with Crippen molar-refractivity contribution in [3.8, 4) is 0 Å². The van der Waals surface area contributed by atoms with Crippen LogP contribution >= 0.6 is 0 Å². The maximum atomic E-state index is 12.1. The summed E-state index contributed by atoms with van der Waals surface area (Å²) >= 11 is 0. The molecular weight excluding hydrogens is 252 g/mol. The molecule has 108 valence electrons. The van der Waals surface area contributed by atoms with E-state index < -0.39 is 0 Å². The molecule has 2 saturated heterocycles. The highest BCUT2D eigenvalue weighted by Gasteiger charge is 2.30. The van der Waals surface area contributed by atoms with Gasteiger partial charge >= 0.3 is 0 Å². The number of fused-ring (bicyclic) bond motifs is 1. The van der Waals surface area contributed by atoms with E-state index in [0.29, 0.717) is 18.3 Å². The Morgan fingerprint density at radius 2 is 2.25 bits per heavy atom. The Morgan fingerprint density at radius 3 is 3.10 bits per heavy atom. The number of nitrogens with zero attached hydrogens (tertiary/aromatic N) is 2. The van der Waals surface area contributed by atoms with Crippen LogP contribution in [0.2, 0.25) is 0 Å². The van der Waals surface area contributed by atoms with E-state index >= 15 is 0 Å². The van der Waals surface area contributed by atoms with Gasteiger partial charge in [0.15, 0.2) is 0 Å². The number of carbonyl (C=O) groups is 1. The first kappa shape index (κ1) is 13.4. The molecule has 1 aromatic rings. The van der Waals surface area contributed by atoms with Crippen LogP contribution in [0.1, 0.15) is 12.8 Å². The normalized spacial score (nSPS) is 23.5. The van der Waals surface area contributed by atoms with Crippen LogP contribution in [0.15, 0.2) is 24.3 Å². The smallest absolute Gasteiger partial charge is 0.238 e. The highest BCUT2D eigenvalue weighted by molar-refractivity contribution is 5.92. The number of amides is 1. The van der Waals surface area contributed by atoms with Gasteiger partial charge < -0.3 is 11.1 Å². The second-order valence-corrected chi connectivity index (χ2v) is 5.74. The van der Waals surface area contributed by atoms with Gasteiger partial charge in [0.05, 0.1) is 6.54 Å². The minimum atomic E-state index is 0.0436. The Hall–Kier alpha value is -1.59. The Labute approximate surface area is 119 Å². The summed E-state index contributed by atoms with van der Waals surface area (Å²) in [5.41, 5.74) is 7.15. The minimum absolute atomic E-state index is 0.0436. The molecule has 1 amide bonds. The van der Waals surface area contributed by atoms with Gasteiger partial charge in [0.1, 0.15) is 0 Å². The molecule has 0 radical (unpaired) electrons. The lowest BCUT2D eigenvalue weighted by molar-refractivity contribution is -0.117. The van der Waals surface area contributed by atoms with E-state index in [-0.39, 0.29) is 5.91 Å². The number of hydrogen-bond donors (Lipinski definition) is 2. The summed E-state index contributed by atoms with van der Waals surface area (Å²) in [7, 11) is 0. The predicted octanol–water partition coefficient (Wildman–Crippen LogP) is 0.987. The Bertz CT molecular complexity index is 491. The van der Waals surface area contributed by atoms with E-state index in [1.807, 2.05) is 18.2 Å². The lowest BCUT2D eigenvalue weighted by Crippen LogP contribution is -2.51. The number of carbonyl (C=O) groups excluding carboxylic acids is 1. The summed E-state index contributed by atoms with van der Waals surface area (Å²) < 4.78 is 0. The molecule has 0 aromatic heterocycles. The van der Waals surface area contributed by atoms with Crippen LogP contribution in [0, 0.1) is 0 Å². The van der Waals surface area contributed by atoms with Crippen molar-refractivity contribution >= 4 is 17.3 Å². The summed E-state index contributed by atoms with van der Waals surface area (Å²) in [6, 6.07) is 7.97. The molecule has 0 bridgehead atoms. The van der Waals surface area contributed by atoms with Crippen LogP contribution in [-0.2, 0) is 4.79 Å². The van der Waals surface area contributed by atoms with E-state index in [1.54, 1.807) is 6.07 Å². The maximum Gasteiger partial charge on any atom is 0.238 e. The van der Waals surface area contributed by atoms with Crippen molar-refractivity contribution in [1.82, 2.24) is 9.80 Å². The maximum absolute atomic E-state index is 12.1. The Morgan fingerprint density at radius 1 is 1.35 bits per heavy atom. The highest BCUT2D eigenvalue weighted by Crippen LogP contribution is 2.21. The van der Waals surface area contributed by atoms with E-state index in [2.05, 4.69) is 15.1 Å². The predicted molar refractivity (Wildman–Crippen MR) is 80.5 cm³/mol. The molecule has 2 aliphatic heterocycles. The zero-order chi connectivity index (χ0) is 13.9. The molecule has 1 unspecified atom stereocenters. The van der Waals surface area contributed by atoms with E-state index in [9.17, 15) is 4.79 Å². The van der Waals surface area contributed by atoms with Gasteiger partial charge in [0.2, 0.25) is 5.91 Å². The number of piperazine rings is 1. The minimum Gasteiger partial charge on any atom is -0.399 e. The standard InChI is InChI=1S/C15H22N4O/c16-12-3-1-4-13(9-12)17-15(20)11-18-7-8-19-6-2-5-14(19)10-18/h1,3-4,9,14H,2,5-8,10-11,16H2,(H,17,20). The summed E-state index contributed by atoms with van der Waals surface area (Å²) in [6.07, 6.45) is 2.57. The van der Waals surface area contributed by atoms with Gasteiger partial charge in [-0.15, -0.1) is 0 Å². The summed E-state index contributed by atoms with van der Waals surface area (Å²) in [5, 5.41) is 2.92. The molecule has 20 heavy (non-hydrogen) atoms. The van der Waals surface area contributed by atoms with Gasteiger partial charge in [-0.05, 0) is 37.6 Å². The fraction of sp³-hybridized carbons (Fsp3) is 0.533. The largest absolute Gasteiger partial charge is 0.399 e. The molecule has 3 N–H and O–H groups in total. The van der Waals surface area contributed by atoms with E-state index in [1.165, 1.54) is 19.4 Å². The van der Waals surface area contributed by atoms with Crippen molar-refractivity contribution in [2.75, 3.05) is 43.8 Å². The molecule has 0 saturated carbocycles. The van der Waals surface area contributed by atoms with Gasteiger partial charge in [-0.3, -0.25) is 14.6 Å². The number of nitrogen functional groups attached to an aromatic ring is 1. The van der Waals surface area contributed by atoms with Crippen molar-refractivity contribution in [2.45, 2.75) is 18.9 Å². The van der Waals surface area contributed by atoms with Crippen molar-refractivity contribution in [3.63, 3.8) is 0 Å². The van der Waals surface area contributed by atoms with Crippen LogP contribution in [0.5, 0.6) is 0 Å². The average molecular weight is 274 g/mol. The number of nitrogens with two attached hydrogens (primary N) is 1. The van der Waals surface area contributed by atoms with Gasteiger partial charge in [0, 0.05) is 37.1 Å². The highest BCUT2D eigenvalue weighted by atomic mass is 16.2. The second-order valence-electron chi connectivity index (χ2n) is 5.74. The third-order valence-corrected chi connectivity index (χ3v) is 4.21. The van der Waals surface area contributed by atoms with Crippen molar-refractivity contribution in [3.05, 3.63) is 24.3 Å². The molecule has 3 rings (SSSR count). The molecule has 0 spiro atoms. The average Bonchev–Trinajstić information content (AvgIpc) is 2.86. The Kier molecular flexibility index (Phi) is 3.89. The fourth-order valence-corrected chi connectivity index (χ4v) is 3.22. The molecular formula is C15H22N4O. The number of benzene rings is 1. The molecule has 2 heterocycles. The SMILES string of the molecule is Nc1cccc(NC(=O)CN2CCN3CCCC3C2)c1. The third-order valence-electron chi connectivity index (χ3n) is 4.21. The van der Waals surface area contributed by atoms with Crippen molar-refractivity contribution in [2.24, 2.45) is 0 Å². The monoisotopic (exact) mass is 274 g/mol. The van der Waals surface area contributed by atoms with Crippen molar-refractivity contribution < 1.29 is 4.79 Å². The lowest BCUT2D eigenvalue weighted by Gasteiger charge is -2.37.